The zero-order valence-electron chi connectivity index (χ0n) is 15.3. The second-order valence-corrected chi connectivity index (χ2v) is 9.12. The van der Waals surface area contributed by atoms with Gasteiger partial charge in [0.05, 0.1) is 5.75 Å². The first-order valence-corrected chi connectivity index (χ1v) is 9.66. The highest BCUT2D eigenvalue weighted by molar-refractivity contribution is 7.99. The Morgan fingerprint density at radius 1 is 1.25 bits per heavy atom. The summed E-state index contributed by atoms with van der Waals surface area (Å²) in [5, 5.41) is 7.52. The fourth-order valence-corrected chi connectivity index (χ4v) is 3.77. The Morgan fingerprint density at radius 2 is 1.92 bits per heavy atom. The van der Waals surface area contributed by atoms with Crippen LogP contribution in [0.1, 0.15) is 78.4 Å². The van der Waals surface area contributed by atoms with Gasteiger partial charge in [-0.1, -0.05) is 24.4 Å². The molecule has 1 heterocycles. The van der Waals surface area contributed by atoms with Gasteiger partial charge in [0.1, 0.15) is 11.1 Å². The summed E-state index contributed by atoms with van der Waals surface area (Å²) in [5.41, 5.74) is -1.29. The van der Waals surface area contributed by atoms with Crippen LogP contribution in [0.5, 0.6) is 0 Å². The third kappa shape index (κ3) is 6.00. The van der Waals surface area contributed by atoms with Gasteiger partial charge in [0.2, 0.25) is 5.89 Å². The minimum Gasteiger partial charge on any atom is -0.444 e. The molecule has 1 amide bonds. The van der Waals surface area contributed by atoms with Crippen LogP contribution in [0.25, 0.3) is 0 Å². The third-order valence-corrected chi connectivity index (χ3v) is 5.19. The summed E-state index contributed by atoms with van der Waals surface area (Å²) in [4.78, 5) is 16.4. The van der Waals surface area contributed by atoms with Crippen molar-refractivity contribution < 1.29 is 14.1 Å². The SMILES string of the molecule is CC(C)(C)OC(=O)NC(C)(C)c1noc(CSC2CCCCC2)n1. The predicted octanol–water partition coefficient (Wildman–Crippen LogP) is 4.40. The van der Waals surface area contributed by atoms with Crippen LogP contribution < -0.4 is 5.32 Å². The maximum absolute atomic E-state index is 12.0. The van der Waals surface area contributed by atoms with Crippen molar-refractivity contribution in [1.29, 1.82) is 0 Å². The van der Waals surface area contributed by atoms with Crippen LogP contribution in [0.15, 0.2) is 4.52 Å². The van der Waals surface area contributed by atoms with E-state index in [2.05, 4.69) is 15.5 Å². The molecule has 1 aliphatic rings. The predicted molar refractivity (Wildman–Crippen MR) is 94.9 cm³/mol. The van der Waals surface area contributed by atoms with Crippen LogP contribution >= 0.6 is 11.8 Å². The van der Waals surface area contributed by atoms with Gasteiger partial charge in [0, 0.05) is 5.25 Å². The lowest BCUT2D eigenvalue weighted by Crippen LogP contribution is -2.44. The molecule has 24 heavy (non-hydrogen) atoms. The molecule has 1 aromatic heterocycles. The number of aromatic nitrogens is 2. The molecule has 0 aliphatic heterocycles. The van der Waals surface area contributed by atoms with E-state index in [1.54, 1.807) is 0 Å². The van der Waals surface area contributed by atoms with Gasteiger partial charge in [-0.25, -0.2) is 4.79 Å². The standard InChI is InChI=1S/C17H29N3O3S/c1-16(2,3)22-15(21)19-17(4,5)14-18-13(23-20-14)11-24-12-9-7-6-8-10-12/h12H,6-11H2,1-5H3,(H,19,21). The highest BCUT2D eigenvalue weighted by Gasteiger charge is 2.31. The van der Waals surface area contributed by atoms with Crippen molar-refractivity contribution in [3.63, 3.8) is 0 Å². The molecule has 1 N–H and O–H groups in total. The van der Waals surface area contributed by atoms with Crippen molar-refractivity contribution in [2.75, 3.05) is 0 Å². The molecule has 6 nitrogen and oxygen atoms in total. The summed E-state index contributed by atoms with van der Waals surface area (Å²) in [7, 11) is 0. The number of rotatable bonds is 5. The van der Waals surface area contributed by atoms with Gasteiger partial charge in [0.25, 0.3) is 0 Å². The quantitative estimate of drug-likeness (QED) is 0.844. The molecule has 0 bridgehead atoms. The Hall–Kier alpha value is -1.24. The van der Waals surface area contributed by atoms with E-state index >= 15 is 0 Å². The summed E-state index contributed by atoms with van der Waals surface area (Å²) in [6.45, 7) is 9.15. The van der Waals surface area contributed by atoms with Crippen molar-refractivity contribution in [2.24, 2.45) is 0 Å². The molecule has 0 atom stereocenters. The van der Waals surface area contributed by atoms with Crippen molar-refractivity contribution in [1.82, 2.24) is 15.5 Å². The first kappa shape index (κ1) is 19.1. The Balaban J connectivity index is 1.89. The smallest absolute Gasteiger partial charge is 0.408 e. The summed E-state index contributed by atoms with van der Waals surface area (Å²) >= 11 is 1.89. The minimum atomic E-state index is -0.750. The van der Waals surface area contributed by atoms with Crippen LogP contribution in [0, 0.1) is 0 Å². The zero-order chi connectivity index (χ0) is 17.8. The Bertz CT molecular complexity index is 546. The van der Waals surface area contributed by atoms with E-state index in [0.717, 1.165) is 5.75 Å². The van der Waals surface area contributed by atoms with Gasteiger partial charge >= 0.3 is 6.09 Å². The Kier molecular flexibility index (Phi) is 6.17. The molecule has 1 aromatic rings. The van der Waals surface area contributed by atoms with Crippen molar-refractivity contribution in [2.45, 2.75) is 88.9 Å². The highest BCUT2D eigenvalue weighted by atomic mass is 32.2. The molecule has 7 heteroatoms. The van der Waals surface area contributed by atoms with Gasteiger partial charge in [-0.2, -0.15) is 4.98 Å². The first-order chi connectivity index (χ1) is 11.2. The van der Waals surface area contributed by atoms with Gasteiger partial charge < -0.3 is 14.6 Å². The second-order valence-electron chi connectivity index (χ2n) is 7.83. The molecular weight excluding hydrogens is 326 g/mol. The number of nitrogens with one attached hydrogen (secondary N) is 1. The average molecular weight is 356 g/mol. The van der Waals surface area contributed by atoms with E-state index in [1.165, 1.54) is 32.1 Å². The molecule has 2 rings (SSSR count). The monoisotopic (exact) mass is 355 g/mol. The summed E-state index contributed by atoms with van der Waals surface area (Å²) < 4.78 is 10.6. The van der Waals surface area contributed by atoms with Crippen molar-refractivity contribution >= 4 is 17.9 Å². The summed E-state index contributed by atoms with van der Waals surface area (Å²) in [6.07, 6.45) is 6.05. The van der Waals surface area contributed by atoms with Crippen molar-refractivity contribution in [3.05, 3.63) is 11.7 Å². The number of hydrogen-bond donors (Lipinski definition) is 1. The Morgan fingerprint density at radius 3 is 2.54 bits per heavy atom. The van der Waals surface area contributed by atoms with E-state index in [9.17, 15) is 4.79 Å². The topological polar surface area (TPSA) is 77.2 Å². The normalized spacial score (nSPS) is 16.9. The molecule has 1 fully saturated rings. The number of amides is 1. The molecule has 1 aliphatic carbocycles. The zero-order valence-corrected chi connectivity index (χ0v) is 16.2. The molecule has 0 radical (unpaired) electrons. The number of alkyl carbamates (subject to hydrolysis) is 1. The van der Waals surface area contributed by atoms with Gasteiger partial charge in [0.15, 0.2) is 5.82 Å². The summed E-state index contributed by atoms with van der Waals surface area (Å²) in [6, 6.07) is 0. The van der Waals surface area contributed by atoms with Crippen LogP contribution in [-0.4, -0.2) is 27.1 Å². The van der Waals surface area contributed by atoms with E-state index in [1.807, 2.05) is 46.4 Å². The van der Waals surface area contributed by atoms with E-state index in [4.69, 9.17) is 9.26 Å². The maximum Gasteiger partial charge on any atom is 0.408 e. The molecule has 0 unspecified atom stereocenters. The van der Waals surface area contributed by atoms with Crippen molar-refractivity contribution in [3.8, 4) is 0 Å². The van der Waals surface area contributed by atoms with E-state index in [0.29, 0.717) is 17.0 Å². The Labute approximate surface area is 148 Å². The number of carbonyl (C=O) groups is 1. The molecular formula is C17H29N3O3S. The average Bonchev–Trinajstić information content (AvgIpc) is 2.93. The molecule has 1 saturated carbocycles. The lowest BCUT2D eigenvalue weighted by Gasteiger charge is -2.26. The van der Waals surface area contributed by atoms with E-state index < -0.39 is 17.2 Å². The third-order valence-electron chi connectivity index (χ3n) is 3.84. The highest BCUT2D eigenvalue weighted by Crippen LogP contribution is 2.30. The van der Waals surface area contributed by atoms with E-state index in [-0.39, 0.29) is 0 Å². The van der Waals surface area contributed by atoms with Gasteiger partial charge in [-0.05, 0) is 47.5 Å². The number of hydrogen-bond acceptors (Lipinski definition) is 6. The molecule has 0 spiro atoms. The first-order valence-electron chi connectivity index (χ1n) is 8.61. The fourth-order valence-electron chi connectivity index (χ4n) is 2.60. The van der Waals surface area contributed by atoms with Gasteiger partial charge in [-0.15, -0.1) is 11.8 Å². The number of ether oxygens (including phenoxy) is 1. The molecule has 136 valence electrons. The van der Waals surface area contributed by atoms with Gasteiger partial charge in [-0.3, -0.25) is 0 Å². The minimum absolute atomic E-state index is 0.465. The van der Waals surface area contributed by atoms with Crippen LogP contribution in [-0.2, 0) is 16.0 Å². The van der Waals surface area contributed by atoms with Crippen LogP contribution in [0.4, 0.5) is 4.79 Å². The maximum atomic E-state index is 12.0. The van der Waals surface area contributed by atoms with Crippen LogP contribution in [0.2, 0.25) is 0 Å². The number of thioether (sulfide) groups is 1. The summed E-state index contributed by atoms with van der Waals surface area (Å²) in [5.74, 6) is 1.80. The largest absolute Gasteiger partial charge is 0.444 e. The molecule has 0 aromatic carbocycles. The number of nitrogens with zero attached hydrogens (tertiary/aromatic N) is 2. The second kappa shape index (κ2) is 7.76. The number of carbonyl (C=O) groups excluding carboxylic acids is 1. The lowest BCUT2D eigenvalue weighted by atomic mass is 10.0. The fraction of sp³-hybridized carbons (Fsp3) is 0.824. The lowest BCUT2D eigenvalue weighted by molar-refractivity contribution is 0.0465. The van der Waals surface area contributed by atoms with Crippen LogP contribution in [0.3, 0.4) is 0 Å². The molecule has 0 saturated heterocycles.